The first-order valence-corrected chi connectivity index (χ1v) is 12.7. The monoisotopic (exact) mass is 475 g/mol. The van der Waals surface area contributed by atoms with Crippen LogP contribution in [-0.2, 0) is 24.2 Å². The van der Waals surface area contributed by atoms with Gasteiger partial charge in [-0.15, -0.1) is 11.3 Å². The number of rotatable bonds is 7. The van der Waals surface area contributed by atoms with Gasteiger partial charge in [0.1, 0.15) is 11.8 Å². The summed E-state index contributed by atoms with van der Waals surface area (Å²) in [7, 11) is 0. The number of carbonyl (C=O) groups is 2. The summed E-state index contributed by atoms with van der Waals surface area (Å²) in [5.41, 5.74) is 3.61. The van der Waals surface area contributed by atoms with Gasteiger partial charge in [0.25, 0.3) is 5.91 Å². The number of ether oxygens (including phenoxy) is 1. The molecule has 2 aromatic carbocycles. The molecule has 7 heteroatoms. The predicted molar refractivity (Wildman–Crippen MR) is 133 cm³/mol. The van der Waals surface area contributed by atoms with E-state index >= 15 is 0 Å². The minimum absolute atomic E-state index is 0.0110. The number of piperazine rings is 1. The molecule has 0 unspecified atom stereocenters. The lowest BCUT2D eigenvalue weighted by Crippen LogP contribution is -2.55. The molecular weight excluding hydrogens is 446 g/mol. The molecule has 1 N–H and O–H groups in total. The Labute approximate surface area is 204 Å². The fourth-order valence-electron chi connectivity index (χ4n) is 4.63. The largest absolute Gasteiger partial charge is 0.493 e. The Kier molecular flexibility index (Phi) is 6.92. The van der Waals surface area contributed by atoms with E-state index in [2.05, 4.69) is 28.4 Å². The number of amides is 2. The van der Waals surface area contributed by atoms with E-state index in [-0.39, 0.29) is 11.8 Å². The van der Waals surface area contributed by atoms with E-state index in [0.717, 1.165) is 44.0 Å². The molecule has 0 radical (unpaired) electrons. The summed E-state index contributed by atoms with van der Waals surface area (Å²) < 4.78 is 5.61. The number of fused-ring (bicyclic) bond motifs is 1. The van der Waals surface area contributed by atoms with Gasteiger partial charge in [-0.05, 0) is 34.2 Å². The highest BCUT2D eigenvalue weighted by molar-refractivity contribution is 7.12. The van der Waals surface area contributed by atoms with Gasteiger partial charge in [0.05, 0.1) is 11.5 Å². The average Bonchev–Trinajstić information content (AvgIpc) is 3.56. The van der Waals surface area contributed by atoms with Crippen LogP contribution in [0.25, 0.3) is 0 Å². The highest BCUT2D eigenvalue weighted by atomic mass is 32.1. The third-order valence-corrected chi connectivity index (χ3v) is 7.34. The van der Waals surface area contributed by atoms with Gasteiger partial charge in [-0.25, -0.2) is 0 Å². The van der Waals surface area contributed by atoms with Crippen molar-refractivity contribution < 1.29 is 14.3 Å². The van der Waals surface area contributed by atoms with Gasteiger partial charge in [0.15, 0.2) is 0 Å². The maximum Gasteiger partial charge on any atom is 0.262 e. The van der Waals surface area contributed by atoms with E-state index < -0.39 is 6.04 Å². The smallest absolute Gasteiger partial charge is 0.262 e. The molecule has 3 heterocycles. The lowest BCUT2D eigenvalue weighted by atomic mass is 10.0. The first kappa shape index (κ1) is 22.6. The lowest BCUT2D eigenvalue weighted by molar-refractivity contribution is -0.135. The summed E-state index contributed by atoms with van der Waals surface area (Å²) in [5, 5.41) is 4.87. The van der Waals surface area contributed by atoms with Crippen LogP contribution in [0.4, 0.5) is 0 Å². The molecule has 2 amide bonds. The zero-order valence-electron chi connectivity index (χ0n) is 19.1. The molecule has 1 fully saturated rings. The van der Waals surface area contributed by atoms with E-state index in [1.807, 2.05) is 46.7 Å². The van der Waals surface area contributed by atoms with Crippen LogP contribution in [0.3, 0.4) is 0 Å². The number of hydrogen-bond donors (Lipinski definition) is 1. The fourth-order valence-corrected chi connectivity index (χ4v) is 5.26. The highest BCUT2D eigenvalue weighted by Gasteiger charge is 2.29. The quantitative estimate of drug-likeness (QED) is 0.569. The van der Waals surface area contributed by atoms with Gasteiger partial charge in [0.2, 0.25) is 5.91 Å². The minimum atomic E-state index is -0.583. The normalized spacial score (nSPS) is 16.5. The van der Waals surface area contributed by atoms with E-state index in [1.54, 1.807) is 6.07 Å². The maximum atomic E-state index is 13.5. The minimum Gasteiger partial charge on any atom is -0.493 e. The molecule has 176 valence electrons. The van der Waals surface area contributed by atoms with Crippen LogP contribution in [0.15, 0.2) is 66.0 Å². The summed E-state index contributed by atoms with van der Waals surface area (Å²) >= 11 is 1.38. The molecule has 0 saturated carbocycles. The first-order chi connectivity index (χ1) is 16.7. The van der Waals surface area contributed by atoms with Gasteiger partial charge >= 0.3 is 0 Å². The van der Waals surface area contributed by atoms with Crippen LogP contribution in [-0.4, -0.2) is 60.4 Å². The molecule has 0 spiro atoms. The number of hydrogen-bond acceptors (Lipinski definition) is 5. The third-order valence-electron chi connectivity index (χ3n) is 6.48. The number of thiophene rings is 1. The maximum absolute atomic E-state index is 13.5. The zero-order chi connectivity index (χ0) is 23.3. The summed E-state index contributed by atoms with van der Waals surface area (Å²) in [4.78, 5) is 31.1. The Morgan fingerprint density at radius 3 is 2.56 bits per heavy atom. The third kappa shape index (κ3) is 5.32. The molecule has 6 nitrogen and oxygen atoms in total. The summed E-state index contributed by atoms with van der Waals surface area (Å²) in [6, 6.07) is 19.4. The predicted octanol–water partition coefficient (Wildman–Crippen LogP) is 3.37. The van der Waals surface area contributed by atoms with Crippen LogP contribution >= 0.6 is 11.3 Å². The van der Waals surface area contributed by atoms with Crippen molar-refractivity contribution in [2.75, 3.05) is 32.8 Å². The standard InChI is InChI=1S/C27H29N3O3S/c31-26(25-7-4-16-34-25)28-23(18-20-5-2-1-3-6-20)27(32)30-13-11-29(12-14-30)19-21-8-9-24-22(17-21)10-15-33-24/h1-9,16-17,23H,10-15,18-19H2,(H,28,31)/t23-/m1/s1. The van der Waals surface area contributed by atoms with Crippen LogP contribution < -0.4 is 10.1 Å². The summed E-state index contributed by atoms with van der Waals surface area (Å²) in [6.07, 6.45) is 1.46. The molecule has 0 aliphatic carbocycles. The van der Waals surface area contributed by atoms with Gasteiger partial charge in [-0.2, -0.15) is 0 Å². The number of carbonyl (C=O) groups excluding carboxylic acids is 2. The van der Waals surface area contributed by atoms with E-state index in [4.69, 9.17) is 4.74 Å². The first-order valence-electron chi connectivity index (χ1n) is 11.8. The molecular formula is C27H29N3O3S. The fraction of sp³-hybridized carbons (Fsp3) is 0.333. The van der Waals surface area contributed by atoms with Crippen molar-refractivity contribution in [1.82, 2.24) is 15.1 Å². The van der Waals surface area contributed by atoms with Gasteiger partial charge in [0, 0.05) is 45.6 Å². The summed E-state index contributed by atoms with van der Waals surface area (Å²) in [5.74, 6) is 0.805. The molecule has 2 aliphatic heterocycles. The van der Waals surface area contributed by atoms with E-state index in [9.17, 15) is 9.59 Å². The van der Waals surface area contributed by atoms with E-state index in [0.29, 0.717) is 24.4 Å². The number of nitrogens with one attached hydrogen (secondary N) is 1. The molecule has 1 atom stereocenters. The van der Waals surface area contributed by atoms with Gasteiger partial charge < -0.3 is 15.0 Å². The van der Waals surface area contributed by atoms with E-state index in [1.165, 1.54) is 22.5 Å². The molecule has 5 rings (SSSR count). The molecule has 3 aromatic rings. The molecule has 34 heavy (non-hydrogen) atoms. The molecule has 1 aromatic heterocycles. The average molecular weight is 476 g/mol. The van der Waals surface area contributed by atoms with Crippen LogP contribution in [0.5, 0.6) is 5.75 Å². The Morgan fingerprint density at radius 2 is 1.79 bits per heavy atom. The van der Waals surface area contributed by atoms with Gasteiger partial charge in [-0.1, -0.05) is 48.5 Å². The number of benzene rings is 2. The van der Waals surface area contributed by atoms with Crippen molar-refractivity contribution in [3.05, 3.63) is 87.6 Å². The van der Waals surface area contributed by atoms with Gasteiger partial charge in [-0.3, -0.25) is 14.5 Å². The second-order valence-electron chi connectivity index (χ2n) is 8.84. The van der Waals surface area contributed by atoms with Crippen LogP contribution in [0.1, 0.15) is 26.4 Å². The zero-order valence-corrected chi connectivity index (χ0v) is 19.9. The second-order valence-corrected chi connectivity index (χ2v) is 9.78. The topological polar surface area (TPSA) is 61.9 Å². The highest BCUT2D eigenvalue weighted by Crippen LogP contribution is 2.26. The van der Waals surface area contributed by atoms with Crippen LogP contribution in [0.2, 0.25) is 0 Å². The SMILES string of the molecule is O=C(N[C@H](Cc1ccccc1)C(=O)N1CCN(Cc2ccc3c(c2)CCO3)CC1)c1cccs1. The molecule has 1 saturated heterocycles. The van der Waals surface area contributed by atoms with Crippen molar-refractivity contribution in [2.45, 2.75) is 25.4 Å². The van der Waals surface area contributed by atoms with Crippen molar-refractivity contribution in [2.24, 2.45) is 0 Å². The Hall–Kier alpha value is -3.16. The van der Waals surface area contributed by atoms with Crippen molar-refractivity contribution in [3.63, 3.8) is 0 Å². The van der Waals surface area contributed by atoms with Crippen molar-refractivity contribution in [1.29, 1.82) is 0 Å². The Balaban J connectivity index is 1.21. The Morgan fingerprint density at radius 1 is 0.971 bits per heavy atom. The Bertz CT molecular complexity index is 1130. The van der Waals surface area contributed by atoms with Crippen molar-refractivity contribution >= 4 is 23.2 Å². The lowest BCUT2D eigenvalue weighted by Gasteiger charge is -2.36. The second kappa shape index (κ2) is 10.4. The van der Waals surface area contributed by atoms with Crippen molar-refractivity contribution in [3.8, 4) is 5.75 Å². The summed E-state index contributed by atoms with van der Waals surface area (Å²) in [6.45, 7) is 4.59. The molecule has 0 bridgehead atoms. The number of nitrogens with zero attached hydrogens (tertiary/aromatic N) is 2. The molecule has 2 aliphatic rings. The van der Waals surface area contributed by atoms with Crippen LogP contribution in [0, 0.1) is 0 Å².